The average Bonchev–Trinajstić information content (AvgIpc) is 3.18. The molecule has 0 aliphatic heterocycles. The molecule has 0 aliphatic rings. The molecular formula is C54H-. The summed E-state index contributed by atoms with van der Waals surface area (Å²) in [6, 6.07) is 0. The second-order valence-corrected chi connectivity index (χ2v) is 6.52. The molecule has 54 heavy (non-hydrogen) atoms. The van der Waals surface area contributed by atoms with Crippen molar-refractivity contribution in [3.63, 3.8) is 0 Å². The zero-order valence-corrected chi connectivity index (χ0v) is 27.1. The van der Waals surface area contributed by atoms with E-state index >= 15 is 0 Å². The maximum Gasteiger partial charge on any atom is 0 e. The maximum atomic E-state index is 6.57. The van der Waals surface area contributed by atoms with E-state index in [1.807, 2.05) is 5.92 Å². The van der Waals surface area contributed by atoms with E-state index in [2.05, 4.69) is 302 Å². The third kappa shape index (κ3) is 40.1. The largest absolute Gasteiger partial charge is 0.358 e. The lowest BCUT2D eigenvalue weighted by molar-refractivity contribution is 2.31. The van der Waals surface area contributed by atoms with Gasteiger partial charge >= 0.3 is 0 Å². The van der Waals surface area contributed by atoms with Gasteiger partial charge in [-0.3, -0.25) is 5.92 Å². The second kappa shape index (κ2) is 41.1. The van der Waals surface area contributed by atoms with E-state index in [0.29, 0.717) is 0 Å². The zero-order valence-electron chi connectivity index (χ0n) is 27.1. The van der Waals surface area contributed by atoms with E-state index in [1.54, 1.807) is 0 Å². The zero-order chi connectivity index (χ0) is 38.8. The molecule has 0 aromatic rings. The standard InChI is InChI=1S/C54H/c1-3-5-7-9-11-13-15-17-19-21-23-25-27-29-31-33-35-37-39-41-43-45-47-49-51-53-54-52-50-48-46-44-42-40-38-36-34-32-30-28-26-24-22-20-18-16-14-12-10-8-6-4-2/h1H/q-1. The predicted molar refractivity (Wildman–Crippen MR) is 210 cm³/mol. The first-order valence-electron chi connectivity index (χ1n) is 13.3. The molecule has 0 nitrogen and oxygen atoms in total. The Bertz CT molecular complexity index is 3130. The summed E-state index contributed by atoms with van der Waals surface area (Å²) in [5.74, 6) is 127. The highest BCUT2D eigenvalue weighted by molar-refractivity contribution is 5.51. The van der Waals surface area contributed by atoms with E-state index in [9.17, 15) is 0 Å². The summed E-state index contributed by atoms with van der Waals surface area (Å²) >= 11 is 0. The van der Waals surface area contributed by atoms with Crippen LogP contribution >= 0.6 is 0 Å². The molecule has 0 aromatic heterocycles. The van der Waals surface area contributed by atoms with Gasteiger partial charge in [-0.15, -0.1) is 12.3 Å². The number of terminal acetylenes is 1. The molecule has 0 saturated heterocycles. The first kappa shape index (κ1) is 42.1. The molecule has 0 fully saturated rings. The van der Waals surface area contributed by atoms with Crippen LogP contribution in [0, 0.1) is 321 Å². The Morgan fingerprint density at radius 1 is 0.148 bits per heavy atom. The van der Waals surface area contributed by atoms with E-state index in [1.165, 1.54) is 0 Å². The second-order valence-electron chi connectivity index (χ2n) is 6.52. The average molecular weight is 650 g/mol. The highest BCUT2D eigenvalue weighted by Crippen LogP contribution is 1.62. The quantitative estimate of drug-likeness (QED) is 0.262. The van der Waals surface area contributed by atoms with Crippen LogP contribution in [0.15, 0.2) is 0 Å². The van der Waals surface area contributed by atoms with Crippen LogP contribution in [0.5, 0.6) is 0 Å². The van der Waals surface area contributed by atoms with Crippen molar-refractivity contribution in [1.29, 1.82) is 0 Å². The molecule has 0 N–H and O–H groups in total. The van der Waals surface area contributed by atoms with Gasteiger partial charge in [-0.1, -0.05) is 0 Å². The van der Waals surface area contributed by atoms with Gasteiger partial charge in [0, 0.05) is 195 Å². The molecule has 0 saturated carbocycles. The monoisotopic (exact) mass is 649 g/mol. The summed E-state index contributed by atoms with van der Waals surface area (Å²) in [5.41, 5.74) is 0. The van der Waals surface area contributed by atoms with Gasteiger partial charge in [0.05, 0.1) is 0 Å². The molecule has 0 aliphatic carbocycles. The van der Waals surface area contributed by atoms with Crippen molar-refractivity contribution in [2.45, 2.75) is 0 Å². The Balaban J connectivity index is 4.57. The minimum Gasteiger partial charge on any atom is -0.358 e. The van der Waals surface area contributed by atoms with Crippen molar-refractivity contribution < 1.29 is 0 Å². The topological polar surface area (TPSA) is 0 Å². The molecule has 0 amide bonds. The minimum atomic E-state index is 1.87. The lowest BCUT2D eigenvalue weighted by Crippen LogP contribution is -1.57. The van der Waals surface area contributed by atoms with Gasteiger partial charge < -0.3 is 6.42 Å². The fourth-order valence-corrected chi connectivity index (χ4v) is 1.57. The summed E-state index contributed by atoms with van der Waals surface area (Å²) < 4.78 is 0. The summed E-state index contributed by atoms with van der Waals surface area (Å²) in [5, 5.41) is 0. The number of hydrogen-bond donors (Lipinski definition) is 0. The van der Waals surface area contributed by atoms with Crippen molar-refractivity contribution in [2.75, 3.05) is 0 Å². The molecule has 0 radical (unpaired) electrons. The van der Waals surface area contributed by atoms with E-state index < -0.39 is 0 Å². The van der Waals surface area contributed by atoms with Gasteiger partial charge in [0.15, 0.2) is 0 Å². The molecule has 0 bridgehead atoms. The third-order valence-electron chi connectivity index (χ3n) is 3.20. The van der Waals surface area contributed by atoms with Crippen molar-refractivity contribution >= 4 is 0 Å². The lowest BCUT2D eigenvalue weighted by Gasteiger charge is -1.63. The lowest BCUT2D eigenvalue weighted by atomic mass is 10.4. The Kier molecular flexibility index (Phi) is 32.1. The Hall–Kier alpha value is -11.9. The molecule has 218 valence electrons. The first-order chi connectivity index (χ1) is 26.9. The maximum absolute atomic E-state index is 6.57. The van der Waals surface area contributed by atoms with Gasteiger partial charge in [0.2, 0.25) is 0 Å². The Labute approximate surface area is 319 Å². The van der Waals surface area contributed by atoms with Crippen molar-refractivity contribution in [3.8, 4) is 314 Å². The van der Waals surface area contributed by atoms with Crippen LogP contribution in [0.4, 0.5) is 0 Å². The van der Waals surface area contributed by atoms with Gasteiger partial charge in [-0.2, -0.15) is 0 Å². The smallest absolute Gasteiger partial charge is 0 e. The number of hydrogen-bond acceptors (Lipinski definition) is 0. The summed E-state index contributed by atoms with van der Waals surface area (Å²) in [6.07, 6.45) is 11.5. The van der Waals surface area contributed by atoms with Crippen molar-refractivity contribution in [2.24, 2.45) is 0 Å². The highest BCUT2D eigenvalue weighted by Gasteiger charge is 1.62. The molecule has 0 heterocycles. The molecule has 0 aromatic carbocycles. The van der Waals surface area contributed by atoms with Crippen LogP contribution in [-0.2, 0) is 0 Å². The summed E-state index contributed by atoms with van der Waals surface area (Å²) in [6.45, 7) is 0. The van der Waals surface area contributed by atoms with Crippen LogP contribution < -0.4 is 0 Å². The van der Waals surface area contributed by atoms with E-state index in [4.69, 9.17) is 12.8 Å². The Morgan fingerprint density at radius 3 is 0.333 bits per heavy atom. The van der Waals surface area contributed by atoms with Crippen LogP contribution in [0.1, 0.15) is 0 Å². The van der Waals surface area contributed by atoms with Gasteiger partial charge in [0.25, 0.3) is 0 Å². The summed E-state index contributed by atoms with van der Waals surface area (Å²) in [4.78, 5) is 0. The van der Waals surface area contributed by atoms with Crippen LogP contribution in [-0.4, -0.2) is 0 Å². The fraction of sp³-hybridized carbons (Fsp3) is 0. The van der Waals surface area contributed by atoms with Gasteiger partial charge in [0.1, 0.15) is 0 Å². The molecule has 0 heteroatoms. The minimum absolute atomic E-state index is 1.87. The number of rotatable bonds is 0. The molecule has 0 spiro atoms. The molecule has 0 atom stereocenters. The van der Waals surface area contributed by atoms with Crippen molar-refractivity contribution in [1.82, 2.24) is 0 Å². The normalized spacial score (nSPS) is 3.89. The van der Waals surface area contributed by atoms with Crippen molar-refractivity contribution in [3.05, 3.63) is 6.42 Å². The van der Waals surface area contributed by atoms with Crippen LogP contribution in [0.25, 0.3) is 0 Å². The highest BCUT2D eigenvalue weighted by atomic mass is 13.6. The molecule has 0 unspecified atom stereocenters. The third-order valence-corrected chi connectivity index (χ3v) is 3.20. The molecule has 0 rings (SSSR count). The summed E-state index contributed by atoms with van der Waals surface area (Å²) in [7, 11) is 0. The van der Waals surface area contributed by atoms with Crippen LogP contribution in [0.2, 0.25) is 0 Å². The van der Waals surface area contributed by atoms with E-state index in [0.717, 1.165) is 0 Å². The SMILES string of the molecule is [C-]#CC#CC#CC#CC#CC#CC#CC#CC#CC#CC#CC#CC#CC#CC#CC#CC#CC#CC#CC#CC#CC#CC#CC#CC#CC#CC#C. The van der Waals surface area contributed by atoms with Crippen LogP contribution in [0.3, 0.4) is 0 Å². The molecular weight excluding hydrogens is 649 g/mol. The van der Waals surface area contributed by atoms with E-state index in [-0.39, 0.29) is 0 Å². The fourth-order valence-electron chi connectivity index (χ4n) is 1.57. The first-order valence-corrected chi connectivity index (χ1v) is 13.3. The Morgan fingerprint density at radius 2 is 0.241 bits per heavy atom. The van der Waals surface area contributed by atoms with Gasteiger partial charge in [-0.05, 0) is 94.7 Å². The predicted octanol–water partition coefficient (Wildman–Crippen LogP) is 0.294. The van der Waals surface area contributed by atoms with Gasteiger partial charge in [-0.25, -0.2) is 5.92 Å².